The van der Waals surface area contributed by atoms with E-state index in [1.54, 1.807) is 18.4 Å². The molecule has 0 radical (unpaired) electrons. The summed E-state index contributed by atoms with van der Waals surface area (Å²) in [5.74, 6) is 1.88. The number of ether oxygens (including phenoxy) is 2. The number of para-hydroxylation sites is 2. The molecule has 0 aliphatic carbocycles. The largest absolute Gasteiger partial charge is 0.495 e. The number of hydrogen-bond acceptors (Lipinski definition) is 6. The molecule has 1 fully saturated rings. The smallest absolute Gasteiger partial charge is 0.194 e. The van der Waals surface area contributed by atoms with Gasteiger partial charge in [0, 0.05) is 49.5 Å². The van der Waals surface area contributed by atoms with Gasteiger partial charge in [0.1, 0.15) is 11.5 Å². The lowest BCUT2D eigenvalue weighted by Crippen LogP contribution is -2.46. The van der Waals surface area contributed by atoms with E-state index in [1.807, 2.05) is 35.8 Å². The second kappa shape index (κ2) is 10.3. The average Bonchev–Trinajstić information content (AvgIpc) is 3.47. The third-order valence-electron chi connectivity index (χ3n) is 6.18. The molecule has 0 bridgehead atoms. The molecule has 6 nitrogen and oxygen atoms in total. The summed E-state index contributed by atoms with van der Waals surface area (Å²) in [6.45, 7) is 6.13. The standard InChI is InChI=1S/C26H30N4O2S/c1-31-25-7-3-2-6-24(25)29-15-13-28(14-16-29)12-4-5-18-32-22-10-8-21(9-11-22)23-20-30-17-19-33-26(30)27-23/h2-3,6-11,17,19-20H,4-5,12-16,18H2,1H3. The summed E-state index contributed by atoms with van der Waals surface area (Å²) >= 11 is 1.65. The molecule has 5 rings (SSSR count). The Morgan fingerprint density at radius 1 is 0.970 bits per heavy atom. The van der Waals surface area contributed by atoms with Crippen LogP contribution < -0.4 is 14.4 Å². The number of piperazine rings is 1. The highest BCUT2D eigenvalue weighted by Gasteiger charge is 2.19. The van der Waals surface area contributed by atoms with Crippen molar-refractivity contribution in [2.45, 2.75) is 12.8 Å². The Balaban J connectivity index is 1.01. The van der Waals surface area contributed by atoms with Gasteiger partial charge in [0.2, 0.25) is 0 Å². The van der Waals surface area contributed by atoms with Gasteiger partial charge >= 0.3 is 0 Å². The van der Waals surface area contributed by atoms with Crippen molar-refractivity contribution in [1.29, 1.82) is 0 Å². The molecule has 0 amide bonds. The predicted molar refractivity (Wildman–Crippen MR) is 135 cm³/mol. The monoisotopic (exact) mass is 462 g/mol. The first-order valence-corrected chi connectivity index (χ1v) is 12.4. The van der Waals surface area contributed by atoms with Crippen LogP contribution in [0.1, 0.15) is 12.8 Å². The molecule has 3 heterocycles. The summed E-state index contributed by atoms with van der Waals surface area (Å²) in [4.78, 5) is 10.7. The fraction of sp³-hybridized carbons (Fsp3) is 0.346. The van der Waals surface area contributed by atoms with Crippen LogP contribution in [0.2, 0.25) is 0 Å². The first-order valence-electron chi connectivity index (χ1n) is 11.6. The zero-order valence-corrected chi connectivity index (χ0v) is 19.8. The van der Waals surface area contributed by atoms with Crippen LogP contribution in [0.4, 0.5) is 5.69 Å². The first kappa shape index (κ1) is 21.8. The van der Waals surface area contributed by atoms with E-state index >= 15 is 0 Å². The van der Waals surface area contributed by atoms with E-state index in [1.165, 1.54) is 5.69 Å². The van der Waals surface area contributed by atoms with Gasteiger partial charge in [-0.05, 0) is 55.8 Å². The third kappa shape index (κ3) is 5.15. The Bertz CT molecular complexity index is 1130. The van der Waals surface area contributed by atoms with Gasteiger partial charge in [0.05, 0.1) is 25.1 Å². The molecule has 1 aliphatic rings. The summed E-state index contributed by atoms with van der Waals surface area (Å²) in [6.07, 6.45) is 6.32. The highest BCUT2D eigenvalue weighted by atomic mass is 32.1. The molecular weight excluding hydrogens is 432 g/mol. The van der Waals surface area contributed by atoms with Crippen molar-refractivity contribution in [3.05, 3.63) is 66.3 Å². The number of methoxy groups -OCH3 is 1. The molecule has 1 saturated heterocycles. The number of anilines is 1. The van der Waals surface area contributed by atoms with Crippen molar-refractivity contribution in [3.8, 4) is 22.8 Å². The highest BCUT2D eigenvalue weighted by Crippen LogP contribution is 2.28. The van der Waals surface area contributed by atoms with Crippen molar-refractivity contribution >= 4 is 22.0 Å². The van der Waals surface area contributed by atoms with Crippen molar-refractivity contribution in [3.63, 3.8) is 0 Å². The number of fused-ring (bicyclic) bond motifs is 1. The third-order valence-corrected chi connectivity index (χ3v) is 6.95. The van der Waals surface area contributed by atoms with E-state index in [2.05, 4.69) is 49.6 Å². The molecule has 1 aliphatic heterocycles. The van der Waals surface area contributed by atoms with Gasteiger partial charge in [-0.15, -0.1) is 11.3 Å². The Morgan fingerprint density at radius 3 is 2.58 bits per heavy atom. The minimum Gasteiger partial charge on any atom is -0.495 e. The zero-order chi connectivity index (χ0) is 22.5. The van der Waals surface area contributed by atoms with Crippen LogP contribution >= 0.6 is 11.3 Å². The van der Waals surface area contributed by atoms with Crippen LogP contribution in [0.15, 0.2) is 66.3 Å². The number of unbranched alkanes of at least 4 members (excludes halogenated alkanes) is 1. The lowest BCUT2D eigenvalue weighted by Gasteiger charge is -2.36. The summed E-state index contributed by atoms with van der Waals surface area (Å²) in [5, 5.41) is 2.05. The molecule has 0 N–H and O–H groups in total. The van der Waals surface area contributed by atoms with Crippen molar-refractivity contribution in [2.24, 2.45) is 0 Å². The van der Waals surface area contributed by atoms with Crippen LogP contribution in [0.5, 0.6) is 11.5 Å². The summed E-state index contributed by atoms with van der Waals surface area (Å²) in [6, 6.07) is 16.5. The molecule has 0 saturated carbocycles. The number of nitrogens with zero attached hydrogens (tertiary/aromatic N) is 4. The summed E-state index contributed by atoms with van der Waals surface area (Å²) < 4.78 is 13.5. The van der Waals surface area contributed by atoms with Gasteiger partial charge in [-0.2, -0.15) is 0 Å². The Hall–Kier alpha value is -3.03. The van der Waals surface area contributed by atoms with Crippen molar-refractivity contribution in [1.82, 2.24) is 14.3 Å². The maximum Gasteiger partial charge on any atom is 0.194 e. The Kier molecular flexibility index (Phi) is 6.79. The normalized spacial score (nSPS) is 14.6. The molecule has 172 valence electrons. The number of benzene rings is 2. The SMILES string of the molecule is COc1ccccc1N1CCN(CCCCOc2ccc(-c3cn4ccsc4n3)cc2)CC1. The van der Waals surface area contributed by atoms with Crippen molar-refractivity contribution < 1.29 is 9.47 Å². The van der Waals surface area contributed by atoms with Gasteiger partial charge in [0.15, 0.2) is 4.96 Å². The topological polar surface area (TPSA) is 42.2 Å². The Labute approximate surface area is 199 Å². The van der Waals surface area contributed by atoms with E-state index in [0.29, 0.717) is 0 Å². The molecule has 0 unspecified atom stereocenters. The lowest BCUT2D eigenvalue weighted by molar-refractivity contribution is 0.238. The maximum absolute atomic E-state index is 5.97. The fourth-order valence-corrected chi connectivity index (χ4v) is 5.02. The second-order valence-corrected chi connectivity index (χ2v) is 9.17. The second-order valence-electron chi connectivity index (χ2n) is 8.30. The van der Waals surface area contributed by atoms with E-state index in [9.17, 15) is 0 Å². The fourth-order valence-electron chi connectivity index (χ4n) is 4.32. The van der Waals surface area contributed by atoms with Crippen molar-refractivity contribution in [2.75, 3.05) is 51.3 Å². The average molecular weight is 463 g/mol. The van der Waals surface area contributed by atoms with E-state index in [-0.39, 0.29) is 0 Å². The van der Waals surface area contributed by atoms with Crippen LogP contribution in [-0.2, 0) is 0 Å². The van der Waals surface area contributed by atoms with Crippen LogP contribution in [0.25, 0.3) is 16.2 Å². The molecule has 0 atom stereocenters. The Morgan fingerprint density at radius 2 is 1.79 bits per heavy atom. The van der Waals surface area contributed by atoms with Gasteiger partial charge < -0.3 is 14.4 Å². The van der Waals surface area contributed by atoms with Gasteiger partial charge in [-0.25, -0.2) is 4.98 Å². The number of hydrogen-bond donors (Lipinski definition) is 0. The molecule has 2 aromatic heterocycles. The quantitative estimate of drug-likeness (QED) is 0.326. The zero-order valence-electron chi connectivity index (χ0n) is 19.0. The molecule has 2 aromatic carbocycles. The van der Waals surface area contributed by atoms with Gasteiger partial charge in [-0.1, -0.05) is 12.1 Å². The highest BCUT2D eigenvalue weighted by molar-refractivity contribution is 7.15. The molecular formula is C26H30N4O2S. The van der Waals surface area contributed by atoms with Gasteiger partial charge in [-0.3, -0.25) is 9.30 Å². The number of thiazole rings is 1. The summed E-state index contributed by atoms with van der Waals surface area (Å²) in [7, 11) is 1.74. The first-order chi connectivity index (χ1) is 16.3. The molecule has 0 spiro atoms. The molecule has 33 heavy (non-hydrogen) atoms. The van der Waals surface area contributed by atoms with E-state index < -0.39 is 0 Å². The maximum atomic E-state index is 5.97. The minimum absolute atomic E-state index is 0.751. The number of imidazole rings is 1. The van der Waals surface area contributed by atoms with Crippen LogP contribution in [0, 0.1) is 0 Å². The molecule has 4 aromatic rings. The van der Waals surface area contributed by atoms with Gasteiger partial charge in [0.25, 0.3) is 0 Å². The van der Waals surface area contributed by atoms with E-state index in [4.69, 9.17) is 9.47 Å². The van der Waals surface area contributed by atoms with Crippen LogP contribution in [-0.4, -0.2) is 60.7 Å². The number of rotatable bonds is 9. The lowest BCUT2D eigenvalue weighted by atomic mass is 10.1. The number of aromatic nitrogens is 2. The molecule has 7 heteroatoms. The summed E-state index contributed by atoms with van der Waals surface area (Å²) in [5.41, 5.74) is 3.32. The van der Waals surface area contributed by atoms with Crippen LogP contribution in [0.3, 0.4) is 0 Å². The minimum atomic E-state index is 0.751. The predicted octanol–water partition coefficient (Wildman–Crippen LogP) is 5.05. The van der Waals surface area contributed by atoms with E-state index in [0.717, 1.165) is 79.9 Å².